The fourth-order valence-corrected chi connectivity index (χ4v) is 3.99. The summed E-state index contributed by atoms with van der Waals surface area (Å²) in [6.07, 6.45) is 0. The van der Waals surface area contributed by atoms with Crippen LogP contribution >= 0.6 is 0 Å². The van der Waals surface area contributed by atoms with Gasteiger partial charge in [0.1, 0.15) is 12.4 Å². The van der Waals surface area contributed by atoms with Crippen LogP contribution < -0.4 is 10.1 Å². The van der Waals surface area contributed by atoms with Crippen molar-refractivity contribution in [3.63, 3.8) is 0 Å². The van der Waals surface area contributed by atoms with Gasteiger partial charge in [-0.3, -0.25) is 4.90 Å². The first kappa shape index (κ1) is 23.1. The number of nitrogens with one attached hydrogen (secondary N) is 1. The van der Waals surface area contributed by atoms with Crippen LogP contribution in [0.25, 0.3) is 0 Å². The summed E-state index contributed by atoms with van der Waals surface area (Å²) in [7, 11) is 1.86. The summed E-state index contributed by atoms with van der Waals surface area (Å²) in [6, 6.07) is 15.6. The molecule has 2 aromatic carbocycles. The molecule has 2 aromatic rings. The molecule has 6 heteroatoms. The number of benzene rings is 2. The number of rotatable bonds is 8. The van der Waals surface area contributed by atoms with Crippen LogP contribution in [0.15, 0.2) is 48.5 Å². The molecule has 0 aliphatic carbocycles. The third-order valence-electron chi connectivity index (χ3n) is 5.59. The third-order valence-corrected chi connectivity index (χ3v) is 5.59. The molecule has 31 heavy (non-hydrogen) atoms. The molecule has 1 N–H and O–H groups in total. The quantitative estimate of drug-likeness (QED) is 0.681. The van der Waals surface area contributed by atoms with E-state index < -0.39 is 0 Å². The number of hydrogen-bond acceptors (Lipinski definition) is 4. The predicted molar refractivity (Wildman–Crippen MR) is 125 cm³/mol. The molecule has 1 fully saturated rings. The summed E-state index contributed by atoms with van der Waals surface area (Å²) in [6.45, 7) is 12.0. The Morgan fingerprint density at radius 3 is 2.55 bits per heavy atom. The van der Waals surface area contributed by atoms with Gasteiger partial charge in [0.2, 0.25) is 0 Å². The number of nitrogens with zero attached hydrogens (tertiary/aromatic N) is 2. The summed E-state index contributed by atoms with van der Waals surface area (Å²) in [4.78, 5) is 17.1. The van der Waals surface area contributed by atoms with Gasteiger partial charge in [0.05, 0.1) is 13.2 Å². The van der Waals surface area contributed by atoms with E-state index in [-0.39, 0.29) is 11.4 Å². The van der Waals surface area contributed by atoms with Crippen molar-refractivity contribution in [1.82, 2.24) is 9.80 Å². The van der Waals surface area contributed by atoms with Crippen LogP contribution in [0.3, 0.4) is 0 Å². The van der Waals surface area contributed by atoms with E-state index in [1.54, 1.807) is 4.90 Å². The zero-order valence-electron chi connectivity index (χ0n) is 19.2. The number of hydrogen-bond donors (Lipinski definition) is 1. The lowest BCUT2D eigenvalue weighted by Crippen LogP contribution is -2.47. The Hall–Kier alpha value is -2.57. The van der Waals surface area contributed by atoms with Gasteiger partial charge in [-0.1, -0.05) is 44.2 Å². The van der Waals surface area contributed by atoms with Crippen molar-refractivity contribution in [2.75, 3.05) is 51.8 Å². The summed E-state index contributed by atoms with van der Waals surface area (Å²) in [5.74, 6) is 0.832. The molecule has 3 rings (SSSR count). The molecule has 1 saturated heterocycles. The predicted octanol–water partition coefficient (Wildman–Crippen LogP) is 4.40. The van der Waals surface area contributed by atoms with Crippen molar-refractivity contribution >= 4 is 11.7 Å². The van der Waals surface area contributed by atoms with Crippen molar-refractivity contribution in [3.05, 3.63) is 59.7 Å². The second kappa shape index (κ2) is 10.6. The van der Waals surface area contributed by atoms with Gasteiger partial charge in [-0.05, 0) is 41.7 Å². The first-order valence-corrected chi connectivity index (χ1v) is 10.9. The number of ether oxygens (including phenoxy) is 2. The minimum absolute atomic E-state index is 0.0101. The smallest absolute Gasteiger partial charge is 0.321 e. The van der Waals surface area contributed by atoms with Crippen LogP contribution in [0.4, 0.5) is 10.5 Å². The molecular formula is C25H35N3O3. The van der Waals surface area contributed by atoms with E-state index in [1.807, 2.05) is 62.5 Å². The van der Waals surface area contributed by atoms with E-state index in [0.29, 0.717) is 13.2 Å². The molecule has 1 heterocycles. The van der Waals surface area contributed by atoms with E-state index in [2.05, 4.69) is 24.1 Å². The molecule has 1 aliphatic rings. The van der Waals surface area contributed by atoms with Crippen molar-refractivity contribution in [2.24, 2.45) is 5.41 Å². The van der Waals surface area contributed by atoms with E-state index in [0.717, 1.165) is 55.4 Å². The fraction of sp³-hybridized carbons (Fsp3) is 0.480. The summed E-state index contributed by atoms with van der Waals surface area (Å²) < 4.78 is 11.3. The number of carbonyl (C=O) groups is 1. The Morgan fingerprint density at radius 2 is 1.84 bits per heavy atom. The molecule has 0 spiro atoms. The van der Waals surface area contributed by atoms with Crippen LogP contribution in [-0.4, -0.2) is 62.3 Å². The molecule has 0 atom stereocenters. The Balaban J connectivity index is 1.56. The second-order valence-electron chi connectivity index (χ2n) is 9.03. The Kier molecular flexibility index (Phi) is 7.93. The van der Waals surface area contributed by atoms with Gasteiger partial charge in [0.15, 0.2) is 0 Å². The van der Waals surface area contributed by atoms with Gasteiger partial charge in [-0.2, -0.15) is 0 Å². The average molecular weight is 426 g/mol. The highest BCUT2D eigenvalue weighted by Crippen LogP contribution is 2.23. The second-order valence-corrected chi connectivity index (χ2v) is 9.03. The van der Waals surface area contributed by atoms with Crippen LogP contribution in [0.1, 0.15) is 25.0 Å². The Bertz CT molecular complexity index is 848. The molecule has 0 radical (unpaired) electrons. The van der Waals surface area contributed by atoms with Gasteiger partial charge in [0.25, 0.3) is 0 Å². The van der Waals surface area contributed by atoms with Crippen LogP contribution in [0, 0.1) is 12.3 Å². The molecular weight excluding hydrogens is 390 g/mol. The summed E-state index contributed by atoms with van der Waals surface area (Å²) in [5.41, 5.74) is 2.88. The number of amides is 2. The summed E-state index contributed by atoms with van der Waals surface area (Å²) >= 11 is 0. The molecule has 0 aromatic heterocycles. The molecule has 0 saturated carbocycles. The highest BCUT2D eigenvalue weighted by atomic mass is 16.5. The minimum atomic E-state index is -0.0979. The monoisotopic (exact) mass is 425 g/mol. The Morgan fingerprint density at radius 1 is 1.13 bits per heavy atom. The third kappa shape index (κ3) is 6.97. The van der Waals surface area contributed by atoms with E-state index >= 15 is 0 Å². The van der Waals surface area contributed by atoms with Crippen LogP contribution in [-0.2, 0) is 11.3 Å². The van der Waals surface area contributed by atoms with Crippen molar-refractivity contribution in [2.45, 2.75) is 27.4 Å². The maximum Gasteiger partial charge on any atom is 0.321 e. The molecule has 6 nitrogen and oxygen atoms in total. The van der Waals surface area contributed by atoms with Gasteiger partial charge >= 0.3 is 6.03 Å². The number of morpholine rings is 1. The van der Waals surface area contributed by atoms with E-state index in [9.17, 15) is 4.79 Å². The van der Waals surface area contributed by atoms with E-state index in [4.69, 9.17) is 9.47 Å². The minimum Gasteiger partial charge on any atom is -0.489 e. The lowest BCUT2D eigenvalue weighted by molar-refractivity contribution is 0.0182. The molecule has 168 valence electrons. The SMILES string of the molecule is Cc1c(COc2ccccc2)cccc1NC(=O)N(C)CC(C)(C)CN1CCOCC1. The standard InChI is InChI=1S/C25H35N3O3/c1-20-21(17-31-22-10-6-5-7-11-22)9-8-12-23(20)26-24(29)27(4)18-25(2,3)19-28-13-15-30-16-14-28/h5-12H,13-19H2,1-4H3,(H,26,29). The van der Waals surface area contributed by atoms with Gasteiger partial charge in [-0.15, -0.1) is 0 Å². The van der Waals surface area contributed by atoms with Gasteiger partial charge in [0, 0.05) is 38.9 Å². The number of para-hydroxylation sites is 1. The Labute approximate surface area is 186 Å². The highest BCUT2D eigenvalue weighted by molar-refractivity contribution is 5.90. The topological polar surface area (TPSA) is 54.0 Å². The fourth-order valence-electron chi connectivity index (χ4n) is 3.99. The van der Waals surface area contributed by atoms with Gasteiger partial charge < -0.3 is 19.7 Å². The maximum absolute atomic E-state index is 12.9. The number of carbonyl (C=O) groups excluding carboxylic acids is 1. The molecule has 0 bridgehead atoms. The lowest BCUT2D eigenvalue weighted by Gasteiger charge is -2.37. The van der Waals surface area contributed by atoms with Crippen LogP contribution in [0.5, 0.6) is 5.75 Å². The number of anilines is 1. The highest BCUT2D eigenvalue weighted by Gasteiger charge is 2.26. The molecule has 1 aliphatic heterocycles. The summed E-state index contributed by atoms with van der Waals surface area (Å²) in [5, 5.41) is 3.07. The van der Waals surface area contributed by atoms with Gasteiger partial charge in [-0.25, -0.2) is 4.79 Å². The maximum atomic E-state index is 12.9. The van der Waals surface area contributed by atoms with Crippen molar-refractivity contribution in [3.8, 4) is 5.75 Å². The largest absolute Gasteiger partial charge is 0.489 e. The zero-order valence-corrected chi connectivity index (χ0v) is 19.2. The van der Waals surface area contributed by atoms with Crippen LogP contribution in [0.2, 0.25) is 0 Å². The first-order valence-electron chi connectivity index (χ1n) is 10.9. The van der Waals surface area contributed by atoms with E-state index in [1.165, 1.54) is 0 Å². The van der Waals surface area contributed by atoms with Crippen molar-refractivity contribution < 1.29 is 14.3 Å². The zero-order chi connectivity index (χ0) is 22.3. The lowest BCUT2D eigenvalue weighted by atomic mass is 9.92. The molecule has 0 unspecified atom stereocenters. The normalized spacial score (nSPS) is 14.8. The molecule has 2 amide bonds. The number of urea groups is 1. The first-order chi connectivity index (χ1) is 14.8. The average Bonchev–Trinajstić information content (AvgIpc) is 2.75. The van der Waals surface area contributed by atoms with Crippen molar-refractivity contribution in [1.29, 1.82) is 0 Å².